The SMILES string of the molecule is C[C@@H](CO)NC(=O)/C=C/c1ccccc1. The molecule has 1 amide bonds. The van der Waals surface area contributed by atoms with Crippen molar-refractivity contribution in [2.75, 3.05) is 6.61 Å². The minimum atomic E-state index is -0.210. The molecule has 0 heterocycles. The zero-order valence-electron chi connectivity index (χ0n) is 8.68. The Morgan fingerprint density at radius 3 is 2.73 bits per heavy atom. The van der Waals surface area contributed by atoms with Crippen LogP contribution in [0.25, 0.3) is 6.08 Å². The predicted molar refractivity (Wildman–Crippen MR) is 60.2 cm³/mol. The molecule has 1 atom stereocenters. The molecule has 0 aliphatic heterocycles. The molecule has 0 aromatic heterocycles. The summed E-state index contributed by atoms with van der Waals surface area (Å²) in [6.45, 7) is 1.69. The van der Waals surface area contributed by atoms with Crippen molar-refractivity contribution in [1.82, 2.24) is 5.32 Å². The van der Waals surface area contributed by atoms with E-state index >= 15 is 0 Å². The lowest BCUT2D eigenvalue weighted by molar-refractivity contribution is -0.117. The fourth-order valence-corrected chi connectivity index (χ4v) is 1.07. The number of aliphatic hydroxyl groups is 1. The van der Waals surface area contributed by atoms with E-state index in [1.54, 1.807) is 13.0 Å². The summed E-state index contributed by atoms with van der Waals surface area (Å²) in [6, 6.07) is 9.36. The molecule has 15 heavy (non-hydrogen) atoms. The summed E-state index contributed by atoms with van der Waals surface area (Å²) in [4.78, 5) is 11.3. The summed E-state index contributed by atoms with van der Waals surface area (Å²) < 4.78 is 0. The zero-order chi connectivity index (χ0) is 11.1. The number of benzene rings is 1. The summed E-state index contributed by atoms with van der Waals surface area (Å²) >= 11 is 0. The van der Waals surface area contributed by atoms with Crippen LogP contribution in [0.2, 0.25) is 0 Å². The maximum Gasteiger partial charge on any atom is 0.244 e. The van der Waals surface area contributed by atoms with Crippen LogP contribution in [0.4, 0.5) is 0 Å². The van der Waals surface area contributed by atoms with E-state index in [0.717, 1.165) is 5.56 Å². The van der Waals surface area contributed by atoms with Crippen LogP contribution in [-0.4, -0.2) is 23.7 Å². The monoisotopic (exact) mass is 205 g/mol. The van der Waals surface area contributed by atoms with Crippen molar-refractivity contribution in [3.05, 3.63) is 42.0 Å². The molecule has 3 nitrogen and oxygen atoms in total. The number of aliphatic hydroxyl groups excluding tert-OH is 1. The molecular formula is C12H15NO2. The second kappa shape index (κ2) is 5.98. The third-order valence-corrected chi connectivity index (χ3v) is 1.89. The molecule has 0 unspecified atom stereocenters. The Balaban J connectivity index is 2.48. The summed E-state index contributed by atoms with van der Waals surface area (Å²) in [5.41, 5.74) is 0.976. The number of carbonyl (C=O) groups is 1. The summed E-state index contributed by atoms with van der Waals surface area (Å²) in [5, 5.41) is 11.4. The largest absolute Gasteiger partial charge is 0.394 e. The molecular weight excluding hydrogens is 190 g/mol. The van der Waals surface area contributed by atoms with Crippen LogP contribution >= 0.6 is 0 Å². The maximum atomic E-state index is 11.3. The van der Waals surface area contributed by atoms with Gasteiger partial charge in [0.15, 0.2) is 0 Å². The lowest BCUT2D eigenvalue weighted by atomic mass is 10.2. The quantitative estimate of drug-likeness (QED) is 0.725. The standard InChI is InChI=1S/C12H15NO2/c1-10(9-14)13-12(15)8-7-11-5-3-2-4-6-11/h2-8,10,14H,9H2,1H3,(H,13,15)/b8-7+/t10-/m0/s1. The number of hydrogen-bond donors (Lipinski definition) is 2. The number of amides is 1. The van der Waals surface area contributed by atoms with Crippen LogP contribution in [-0.2, 0) is 4.79 Å². The highest BCUT2D eigenvalue weighted by molar-refractivity contribution is 5.91. The van der Waals surface area contributed by atoms with Crippen molar-refractivity contribution in [2.45, 2.75) is 13.0 Å². The van der Waals surface area contributed by atoms with Gasteiger partial charge in [0.05, 0.1) is 6.61 Å². The molecule has 0 aliphatic carbocycles. The Morgan fingerprint density at radius 2 is 2.13 bits per heavy atom. The fraction of sp³-hybridized carbons (Fsp3) is 0.250. The van der Waals surface area contributed by atoms with Crippen molar-refractivity contribution >= 4 is 12.0 Å². The van der Waals surface area contributed by atoms with Crippen molar-refractivity contribution in [1.29, 1.82) is 0 Å². The number of hydrogen-bond acceptors (Lipinski definition) is 2. The smallest absolute Gasteiger partial charge is 0.244 e. The molecule has 0 spiro atoms. The molecule has 3 heteroatoms. The van der Waals surface area contributed by atoms with Gasteiger partial charge in [0.1, 0.15) is 0 Å². The number of rotatable bonds is 4. The lowest BCUT2D eigenvalue weighted by Crippen LogP contribution is -2.33. The van der Waals surface area contributed by atoms with E-state index in [9.17, 15) is 4.79 Å². The van der Waals surface area contributed by atoms with Gasteiger partial charge >= 0.3 is 0 Å². The molecule has 0 saturated carbocycles. The number of carbonyl (C=O) groups excluding carboxylic acids is 1. The Kier molecular flexibility index (Phi) is 4.57. The van der Waals surface area contributed by atoms with E-state index in [4.69, 9.17) is 5.11 Å². The Labute approximate surface area is 89.4 Å². The second-order valence-corrected chi connectivity index (χ2v) is 3.34. The highest BCUT2D eigenvalue weighted by atomic mass is 16.3. The molecule has 0 saturated heterocycles. The van der Waals surface area contributed by atoms with Gasteiger partial charge in [-0.3, -0.25) is 4.79 Å². The molecule has 0 bridgehead atoms. The first-order chi connectivity index (χ1) is 7.22. The first-order valence-corrected chi connectivity index (χ1v) is 4.87. The van der Waals surface area contributed by atoms with Gasteiger partial charge in [-0.2, -0.15) is 0 Å². The van der Waals surface area contributed by atoms with Gasteiger partial charge < -0.3 is 10.4 Å². The Hall–Kier alpha value is -1.61. The van der Waals surface area contributed by atoms with Crippen molar-refractivity contribution < 1.29 is 9.90 Å². The van der Waals surface area contributed by atoms with Crippen molar-refractivity contribution in [3.8, 4) is 0 Å². The minimum absolute atomic E-state index is 0.0507. The van der Waals surface area contributed by atoms with Gasteiger partial charge in [0.2, 0.25) is 5.91 Å². The zero-order valence-corrected chi connectivity index (χ0v) is 8.68. The topological polar surface area (TPSA) is 49.3 Å². The van der Waals surface area contributed by atoms with Crippen LogP contribution in [0.3, 0.4) is 0 Å². The van der Waals surface area contributed by atoms with E-state index in [1.165, 1.54) is 6.08 Å². The summed E-state index contributed by atoms with van der Waals surface area (Å²) in [5.74, 6) is -0.194. The van der Waals surface area contributed by atoms with Crippen molar-refractivity contribution in [2.24, 2.45) is 0 Å². The second-order valence-electron chi connectivity index (χ2n) is 3.34. The fourth-order valence-electron chi connectivity index (χ4n) is 1.07. The molecule has 0 fully saturated rings. The van der Waals surface area contributed by atoms with Gasteiger partial charge in [-0.15, -0.1) is 0 Å². The van der Waals surface area contributed by atoms with Crippen LogP contribution in [0.15, 0.2) is 36.4 Å². The maximum absolute atomic E-state index is 11.3. The molecule has 1 aromatic carbocycles. The molecule has 0 radical (unpaired) electrons. The first-order valence-electron chi connectivity index (χ1n) is 4.87. The highest BCUT2D eigenvalue weighted by Crippen LogP contribution is 2.00. The first kappa shape index (κ1) is 11.5. The van der Waals surface area contributed by atoms with Gasteiger partial charge in [0, 0.05) is 12.1 Å². The third kappa shape index (κ3) is 4.42. The van der Waals surface area contributed by atoms with E-state index in [2.05, 4.69) is 5.32 Å². The van der Waals surface area contributed by atoms with Crippen LogP contribution < -0.4 is 5.32 Å². The molecule has 1 rings (SSSR count). The van der Waals surface area contributed by atoms with Gasteiger partial charge in [-0.1, -0.05) is 30.3 Å². The van der Waals surface area contributed by atoms with Gasteiger partial charge in [-0.05, 0) is 18.6 Å². The van der Waals surface area contributed by atoms with Gasteiger partial charge in [-0.25, -0.2) is 0 Å². The van der Waals surface area contributed by atoms with E-state index in [-0.39, 0.29) is 18.6 Å². The molecule has 1 aromatic rings. The van der Waals surface area contributed by atoms with Crippen molar-refractivity contribution in [3.63, 3.8) is 0 Å². The number of nitrogens with one attached hydrogen (secondary N) is 1. The average molecular weight is 205 g/mol. The average Bonchev–Trinajstić information content (AvgIpc) is 2.27. The highest BCUT2D eigenvalue weighted by Gasteiger charge is 2.01. The van der Waals surface area contributed by atoms with E-state index < -0.39 is 0 Å². The van der Waals surface area contributed by atoms with E-state index in [0.29, 0.717) is 0 Å². The van der Waals surface area contributed by atoms with Crippen LogP contribution in [0.5, 0.6) is 0 Å². The molecule has 2 N–H and O–H groups in total. The molecule has 0 aliphatic rings. The minimum Gasteiger partial charge on any atom is -0.394 e. The third-order valence-electron chi connectivity index (χ3n) is 1.89. The van der Waals surface area contributed by atoms with Crippen LogP contribution in [0, 0.1) is 0 Å². The van der Waals surface area contributed by atoms with Crippen LogP contribution in [0.1, 0.15) is 12.5 Å². The predicted octanol–water partition coefficient (Wildman–Crippen LogP) is 1.20. The summed E-state index contributed by atoms with van der Waals surface area (Å²) in [6.07, 6.45) is 3.20. The van der Waals surface area contributed by atoms with E-state index in [1.807, 2.05) is 30.3 Å². The summed E-state index contributed by atoms with van der Waals surface area (Å²) in [7, 11) is 0. The Morgan fingerprint density at radius 1 is 1.47 bits per heavy atom. The lowest BCUT2D eigenvalue weighted by Gasteiger charge is -2.07. The van der Waals surface area contributed by atoms with Gasteiger partial charge in [0.25, 0.3) is 0 Å². The Bertz CT molecular complexity index is 333. The normalized spacial score (nSPS) is 12.7. The molecule has 80 valence electrons.